The quantitative estimate of drug-likeness (QED) is 0.196. The van der Waals surface area contributed by atoms with Crippen molar-refractivity contribution in [2.45, 2.75) is 179 Å². The SMILES string of the molecule is CC1=C(O)C(=O)C=C2C1=CC=C1[C@@]2(C)CC[C@@]2(C)[C@@H]3C[C@](C)(C(=O)NCCCNC(=O)[C@@]4(C)CC[C@@]5(C)CC[C@@]6(C)C7=CC=C8C(=CC(=O)C(O)=C8C)[C@@]7(C)CC[C@]6(C)[C@H]5C4)CC[C@]3(C)CC[C@]12C. The summed E-state index contributed by atoms with van der Waals surface area (Å²) in [7, 11) is 0. The van der Waals surface area contributed by atoms with Gasteiger partial charge in [0.15, 0.2) is 11.5 Å². The second kappa shape index (κ2) is 15.2. The molecule has 0 heterocycles. The molecule has 6 saturated carbocycles. The Bertz CT molecular complexity index is 2480. The third-order valence-corrected chi connectivity index (χ3v) is 23.8. The van der Waals surface area contributed by atoms with Gasteiger partial charge < -0.3 is 20.8 Å². The van der Waals surface area contributed by atoms with E-state index >= 15 is 0 Å². The minimum absolute atomic E-state index is 0.0290. The third-order valence-electron chi connectivity index (χ3n) is 23.8. The van der Waals surface area contributed by atoms with Crippen LogP contribution in [0.1, 0.15) is 179 Å². The first kappa shape index (κ1) is 48.4. The van der Waals surface area contributed by atoms with Crippen LogP contribution in [0.5, 0.6) is 0 Å². The molecule has 0 spiro atoms. The van der Waals surface area contributed by atoms with Gasteiger partial charge in [-0.25, -0.2) is 0 Å². The summed E-state index contributed by atoms with van der Waals surface area (Å²) in [5, 5.41) is 27.9. The van der Waals surface area contributed by atoms with Gasteiger partial charge in [0.2, 0.25) is 23.4 Å². The van der Waals surface area contributed by atoms with E-state index in [-0.39, 0.29) is 78.2 Å². The summed E-state index contributed by atoms with van der Waals surface area (Å²) in [5.41, 5.74) is 6.75. The van der Waals surface area contributed by atoms with Gasteiger partial charge in [0.25, 0.3) is 0 Å². The van der Waals surface area contributed by atoms with Gasteiger partial charge in [-0.15, -0.1) is 0 Å². The molecule has 8 nitrogen and oxygen atoms in total. The maximum absolute atomic E-state index is 14.4. The third kappa shape index (κ3) is 6.36. The lowest BCUT2D eigenvalue weighted by atomic mass is 9.34. The van der Waals surface area contributed by atoms with E-state index in [9.17, 15) is 29.4 Å². The molecule has 2 amide bonds. The molecule has 10 aliphatic carbocycles. The summed E-state index contributed by atoms with van der Waals surface area (Å²) in [4.78, 5) is 54.8. The molecule has 10 rings (SSSR count). The number of rotatable bonds is 6. The number of fused-ring (bicyclic) bond motifs is 14. The number of amides is 2. The Morgan fingerprint density at radius 1 is 0.522 bits per heavy atom. The Labute approximate surface area is 412 Å². The van der Waals surface area contributed by atoms with Gasteiger partial charge in [0.1, 0.15) is 0 Å². The first-order valence-corrected chi connectivity index (χ1v) is 26.9. The number of hydrogen-bond acceptors (Lipinski definition) is 6. The van der Waals surface area contributed by atoms with E-state index in [0.717, 1.165) is 112 Å². The largest absolute Gasteiger partial charge is 0.504 e. The molecule has 12 atom stereocenters. The van der Waals surface area contributed by atoms with E-state index in [1.54, 1.807) is 12.2 Å². The van der Waals surface area contributed by atoms with Gasteiger partial charge in [-0.1, -0.05) is 105 Å². The highest BCUT2D eigenvalue weighted by Crippen LogP contribution is 2.77. The zero-order valence-electron chi connectivity index (χ0n) is 44.2. The molecule has 0 aromatic heterocycles. The van der Waals surface area contributed by atoms with Crippen molar-refractivity contribution in [3.8, 4) is 0 Å². The zero-order chi connectivity index (χ0) is 49.9. The van der Waals surface area contributed by atoms with Gasteiger partial charge in [-0.3, -0.25) is 19.2 Å². The first-order chi connectivity index (χ1) is 32.1. The topological polar surface area (TPSA) is 133 Å². The Kier molecular flexibility index (Phi) is 10.6. The summed E-state index contributed by atoms with van der Waals surface area (Å²) in [5.74, 6) is 0.121. The number of nitrogens with one attached hydrogen (secondary N) is 2. The molecular weight excluding hydrogens is 857 g/mol. The fraction of sp³-hybridized carbons (Fsp3) is 0.672. The zero-order valence-corrected chi connectivity index (χ0v) is 44.2. The molecule has 0 aromatic rings. The summed E-state index contributed by atoms with van der Waals surface area (Å²) in [6, 6.07) is 0. The molecule has 69 heavy (non-hydrogen) atoms. The monoisotopic (exact) mass is 939 g/mol. The summed E-state index contributed by atoms with van der Waals surface area (Å²) < 4.78 is 0. The fourth-order valence-corrected chi connectivity index (χ4v) is 18.2. The highest BCUT2D eigenvalue weighted by molar-refractivity contribution is 6.07. The molecule has 0 aliphatic heterocycles. The van der Waals surface area contributed by atoms with Crippen molar-refractivity contribution >= 4 is 23.4 Å². The van der Waals surface area contributed by atoms with Crippen LogP contribution in [0, 0.1) is 66.0 Å². The molecule has 6 fully saturated rings. The van der Waals surface area contributed by atoms with Crippen LogP contribution in [0.25, 0.3) is 0 Å². The fourth-order valence-electron chi connectivity index (χ4n) is 18.2. The van der Waals surface area contributed by atoms with Crippen LogP contribution < -0.4 is 10.6 Å². The molecule has 0 aromatic carbocycles. The second-order valence-corrected chi connectivity index (χ2v) is 27.1. The molecular formula is C61H82N2O6. The van der Waals surface area contributed by atoms with Crippen LogP contribution in [0.3, 0.4) is 0 Å². The Morgan fingerprint density at radius 3 is 1.26 bits per heavy atom. The maximum atomic E-state index is 14.4. The van der Waals surface area contributed by atoms with Crippen LogP contribution >= 0.6 is 0 Å². The van der Waals surface area contributed by atoms with Gasteiger partial charge in [0.05, 0.1) is 0 Å². The normalized spacial score (nSPS) is 45.4. The van der Waals surface area contributed by atoms with E-state index in [1.807, 2.05) is 13.8 Å². The van der Waals surface area contributed by atoms with Crippen molar-refractivity contribution in [3.63, 3.8) is 0 Å². The molecule has 0 saturated heterocycles. The van der Waals surface area contributed by atoms with Crippen molar-refractivity contribution in [1.29, 1.82) is 0 Å². The molecule has 4 N–H and O–H groups in total. The van der Waals surface area contributed by atoms with E-state index in [1.165, 1.54) is 11.1 Å². The average Bonchev–Trinajstić information content (AvgIpc) is 3.30. The maximum Gasteiger partial charge on any atom is 0.225 e. The molecule has 0 radical (unpaired) electrons. The van der Waals surface area contributed by atoms with Crippen molar-refractivity contribution in [2.24, 2.45) is 66.0 Å². The second-order valence-electron chi connectivity index (χ2n) is 27.1. The molecule has 10 aliphatic rings. The number of hydrogen-bond donors (Lipinski definition) is 4. The Hall–Kier alpha value is -4.20. The first-order valence-electron chi connectivity index (χ1n) is 26.9. The number of ketones is 2. The van der Waals surface area contributed by atoms with Crippen LogP contribution in [0.15, 0.2) is 92.6 Å². The van der Waals surface area contributed by atoms with Crippen molar-refractivity contribution in [1.82, 2.24) is 10.6 Å². The number of allylic oxidation sites excluding steroid dienone is 14. The number of carbonyl (C=O) groups is 4. The van der Waals surface area contributed by atoms with Crippen molar-refractivity contribution in [3.05, 3.63) is 92.6 Å². The Balaban J connectivity index is 0.787. The van der Waals surface area contributed by atoms with Crippen LogP contribution in [-0.4, -0.2) is 46.7 Å². The van der Waals surface area contributed by atoms with Gasteiger partial charge >= 0.3 is 0 Å². The van der Waals surface area contributed by atoms with E-state index in [2.05, 4.69) is 104 Å². The summed E-state index contributed by atoms with van der Waals surface area (Å²) >= 11 is 0. The van der Waals surface area contributed by atoms with Gasteiger partial charge in [-0.2, -0.15) is 0 Å². The number of carbonyl (C=O) groups excluding carboxylic acids is 4. The van der Waals surface area contributed by atoms with Crippen molar-refractivity contribution < 1.29 is 29.4 Å². The highest BCUT2D eigenvalue weighted by Gasteiger charge is 2.69. The lowest BCUT2D eigenvalue weighted by Gasteiger charge is -2.70. The van der Waals surface area contributed by atoms with Gasteiger partial charge in [0, 0.05) is 45.9 Å². The number of aliphatic hydroxyl groups excluding tert-OH is 2. The van der Waals surface area contributed by atoms with Crippen LogP contribution in [-0.2, 0) is 19.2 Å². The molecule has 0 unspecified atom stereocenters. The highest BCUT2D eigenvalue weighted by atomic mass is 16.3. The summed E-state index contributed by atoms with van der Waals surface area (Å²) in [6.07, 6.45) is 26.8. The Morgan fingerprint density at radius 2 is 0.884 bits per heavy atom. The van der Waals surface area contributed by atoms with Gasteiger partial charge in [-0.05, 0) is 189 Å². The van der Waals surface area contributed by atoms with Crippen molar-refractivity contribution in [2.75, 3.05) is 13.1 Å². The average molecular weight is 939 g/mol. The standard InChI is InChI=1S/C61H82N2O6/c1-36-38-14-16-44-56(7,40(38)32-42(64)48(36)66)24-28-60(11)46-34-54(5,20-18-52(46,3)22-26-58(44,60)9)50(68)62-30-13-31-63-51(69)55(6)21-19-53(4)23-27-59(10)45-17-15-39-37(2)49(67)43(65)33-41(39)57(45,8)25-29-61(59,12)47(53)35-55/h14-17,32-33,46-47,66-67H,13,18-31,34-35H2,1-12H3,(H,62,68)(H,63,69)/t46-,47+,52-,53+,54-,55+,56+,57-,58-,59+,60+,61-. The van der Waals surface area contributed by atoms with E-state index in [0.29, 0.717) is 42.5 Å². The van der Waals surface area contributed by atoms with Crippen LogP contribution in [0.2, 0.25) is 0 Å². The lowest BCUT2D eigenvalue weighted by Crippen LogP contribution is -2.62. The minimum atomic E-state index is -0.486. The molecule has 372 valence electrons. The smallest absolute Gasteiger partial charge is 0.225 e. The minimum Gasteiger partial charge on any atom is -0.504 e. The van der Waals surface area contributed by atoms with E-state index < -0.39 is 10.8 Å². The molecule has 0 bridgehead atoms. The predicted molar refractivity (Wildman–Crippen MR) is 272 cm³/mol. The van der Waals surface area contributed by atoms with Crippen LogP contribution in [0.4, 0.5) is 0 Å². The summed E-state index contributed by atoms with van der Waals surface area (Å²) in [6.45, 7) is 28.7. The number of aliphatic hydroxyl groups is 2. The van der Waals surface area contributed by atoms with E-state index in [4.69, 9.17) is 0 Å². The predicted octanol–water partition coefficient (Wildman–Crippen LogP) is 12.9. The molecule has 8 heteroatoms. The lowest BCUT2D eigenvalue weighted by molar-refractivity contribution is -0.169.